The zero-order chi connectivity index (χ0) is 20.1. The van der Waals surface area contributed by atoms with Crippen molar-refractivity contribution in [2.45, 2.75) is 53.0 Å². The van der Waals surface area contributed by atoms with Gasteiger partial charge in [0.05, 0.1) is 17.6 Å². The SMILES string of the molecule is CC(C)n1ncc2ccc(-c3nc(C4CN(C(=O)CC(C)(C)C)C4)no3)cc21. The summed E-state index contributed by atoms with van der Waals surface area (Å²) in [6, 6.07) is 6.32. The second-order valence-corrected chi connectivity index (χ2v) is 9.15. The molecule has 3 aromatic rings. The van der Waals surface area contributed by atoms with E-state index in [-0.39, 0.29) is 23.3 Å². The van der Waals surface area contributed by atoms with Gasteiger partial charge in [-0.05, 0) is 31.4 Å². The monoisotopic (exact) mass is 381 g/mol. The summed E-state index contributed by atoms with van der Waals surface area (Å²) in [6.45, 7) is 11.8. The Morgan fingerprint density at radius 2 is 2.04 bits per heavy atom. The van der Waals surface area contributed by atoms with Gasteiger partial charge in [-0.2, -0.15) is 10.1 Å². The average Bonchev–Trinajstić information content (AvgIpc) is 3.17. The molecular formula is C21H27N5O2. The van der Waals surface area contributed by atoms with Crippen LogP contribution in [0.25, 0.3) is 22.4 Å². The van der Waals surface area contributed by atoms with Gasteiger partial charge in [-0.25, -0.2) is 0 Å². The lowest BCUT2D eigenvalue weighted by molar-refractivity contribution is -0.137. The minimum Gasteiger partial charge on any atom is -0.341 e. The van der Waals surface area contributed by atoms with Crippen molar-refractivity contribution >= 4 is 16.8 Å². The number of fused-ring (bicyclic) bond motifs is 1. The van der Waals surface area contributed by atoms with E-state index in [2.05, 4.69) is 49.9 Å². The maximum atomic E-state index is 12.3. The molecule has 0 N–H and O–H groups in total. The molecule has 28 heavy (non-hydrogen) atoms. The fourth-order valence-corrected chi connectivity index (χ4v) is 3.51. The van der Waals surface area contributed by atoms with Crippen molar-refractivity contribution in [2.75, 3.05) is 13.1 Å². The molecule has 0 unspecified atom stereocenters. The Hall–Kier alpha value is -2.70. The van der Waals surface area contributed by atoms with Crippen molar-refractivity contribution in [1.29, 1.82) is 0 Å². The highest BCUT2D eigenvalue weighted by atomic mass is 16.5. The second-order valence-electron chi connectivity index (χ2n) is 9.15. The second kappa shape index (κ2) is 6.72. The van der Waals surface area contributed by atoms with Crippen LogP contribution in [0, 0.1) is 5.41 Å². The summed E-state index contributed by atoms with van der Waals surface area (Å²) >= 11 is 0. The lowest BCUT2D eigenvalue weighted by atomic mass is 9.89. The first-order chi connectivity index (χ1) is 13.2. The summed E-state index contributed by atoms with van der Waals surface area (Å²) in [5.41, 5.74) is 1.94. The van der Waals surface area contributed by atoms with Gasteiger partial charge in [0.1, 0.15) is 0 Å². The van der Waals surface area contributed by atoms with Crippen LogP contribution >= 0.6 is 0 Å². The van der Waals surface area contributed by atoms with Crippen molar-refractivity contribution < 1.29 is 9.32 Å². The number of carbonyl (C=O) groups is 1. The third-order valence-corrected chi connectivity index (χ3v) is 5.06. The van der Waals surface area contributed by atoms with Crippen LogP contribution in [0.2, 0.25) is 0 Å². The molecule has 3 heterocycles. The van der Waals surface area contributed by atoms with E-state index in [1.54, 1.807) is 0 Å². The Morgan fingerprint density at radius 3 is 2.71 bits per heavy atom. The van der Waals surface area contributed by atoms with Gasteiger partial charge in [-0.3, -0.25) is 9.48 Å². The molecule has 148 valence electrons. The van der Waals surface area contributed by atoms with E-state index >= 15 is 0 Å². The number of nitrogens with zero attached hydrogens (tertiary/aromatic N) is 5. The molecule has 0 spiro atoms. The molecule has 0 atom stereocenters. The van der Waals surface area contributed by atoms with Crippen molar-refractivity contribution in [1.82, 2.24) is 24.8 Å². The maximum absolute atomic E-state index is 12.3. The molecule has 4 rings (SSSR count). The van der Waals surface area contributed by atoms with Crippen LogP contribution in [0.4, 0.5) is 0 Å². The molecular weight excluding hydrogens is 354 g/mol. The maximum Gasteiger partial charge on any atom is 0.258 e. The van der Waals surface area contributed by atoms with Crippen molar-refractivity contribution in [3.8, 4) is 11.5 Å². The van der Waals surface area contributed by atoms with Gasteiger partial charge in [0.15, 0.2) is 5.82 Å². The van der Waals surface area contributed by atoms with E-state index in [1.807, 2.05) is 34.0 Å². The highest BCUT2D eigenvalue weighted by molar-refractivity contribution is 5.83. The first-order valence-corrected chi connectivity index (χ1v) is 9.80. The van der Waals surface area contributed by atoms with E-state index in [0.717, 1.165) is 16.5 Å². The molecule has 1 aromatic carbocycles. The predicted molar refractivity (Wildman–Crippen MR) is 107 cm³/mol. The quantitative estimate of drug-likeness (QED) is 0.682. The number of amides is 1. The van der Waals surface area contributed by atoms with Gasteiger partial charge in [-0.1, -0.05) is 32.0 Å². The van der Waals surface area contributed by atoms with Crippen LogP contribution in [-0.4, -0.2) is 43.8 Å². The molecule has 0 saturated carbocycles. The molecule has 1 amide bonds. The first-order valence-electron chi connectivity index (χ1n) is 9.80. The molecule has 7 nitrogen and oxygen atoms in total. The lowest BCUT2D eigenvalue weighted by Crippen LogP contribution is -2.49. The van der Waals surface area contributed by atoms with Gasteiger partial charge in [0.2, 0.25) is 5.91 Å². The van der Waals surface area contributed by atoms with Crippen LogP contribution in [0.5, 0.6) is 0 Å². The first kappa shape index (κ1) is 18.7. The Labute approximate surface area is 164 Å². The normalized spacial score (nSPS) is 15.4. The number of benzene rings is 1. The Bertz CT molecular complexity index is 1010. The Balaban J connectivity index is 1.48. The molecule has 0 radical (unpaired) electrons. The van der Waals surface area contributed by atoms with Crippen LogP contribution in [-0.2, 0) is 4.79 Å². The van der Waals surface area contributed by atoms with Crippen molar-refractivity contribution in [2.24, 2.45) is 5.41 Å². The predicted octanol–water partition coefficient (Wildman–Crippen LogP) is 4.03. The smallest absolute Gasteiger partial charge is 0.258 e. The Kier molecular flexibility index (Phi) is 4.48. The number of likely N-dealkylation sites (tertiary alicyclic amines) is 1. The van der Waals surface area contributed by atoms with Gasteiger partial charge in [0, 0.05) is 36.5 Å². The van der Waals surface area contributed by atoms with E-state index in [9.17, 15) is 4.79 Å². The third kappa shape index (κ3) is 3.53. The molecule has 0 aliphatic carbocycles. The molecule has 1 saturated heterocycles. The summed E-state index contributed by atoms with van der Waals surface area (Å²) in [7, 11) is 0. The molecule has 2 aromatic heterocycles. The summed E-state index contributed by atoms with van der Waals surface area (Å²) in [5, 5.41) is 9.70. The summed E-state index contributed by atoms with van der Waals surface area (Å²) < 4.78 is 7.50. The van der Waals surface area contributed by atoms with Gasteiger partial charge < -0.3 is 9.42 Å². The fraction of sp³-hybridized carbons (Fsp3) is 0.524. The van der Waals surface area contributed by atoms with Crippen LogP contribution in [0.3, 0.4) is 0 Å². The number of carbonyl (C=O) groups excluding carboxylic acids is 1. The average molecular weight is 381 g/mol. The molecule has 1 aliphatic rings. The molecule has 0 bridgehead atoms. The van der Waals surface area contributed by atoms with E-state index in [4.69, 9.17) is 4.52 Å². The van der Waals surface area contributed by atoms with E-state index < -0.39 is 0 Å². The number of hydrogen-bond acceptors (Lipinski definition) is 5. The summed E-state index contributed by atoms with van der Waals surface area (Å²) in [5.74, 6) is 1.52. The minimum absolute atomic E-state index is 0.00261. The number of hydrogen-bond donors (Lipinski definition) is 0. The zero-order valence-corrected chi connectivity index (χ0v) is 17.1. The van der Waals surface area contributed by atoms with Crippen LogP contribution in [0.15, 0.2) is 28.9 Å². The van der Waals surface area contributed by atoms with Crippen LogP contribution in [0.1, 0.15) is 58.8 Å². The lowest BCUT2D eigenvalue weighted by Gasteiger charge is -2.38. The highest BCUT2D eigenvalue weighted by Crippen LogP contribution is 2.31. The van der Waals surface area contributed by atoms with Crippen molar-refractivity contribution in [3.63, 3.8) is 0 Å². The van der Waals surface area contributed by atoms with Crippen molar-refractivity contribution in [3.05, 3.63) is 30.2 Å². The third-order valence-electron chi connectivity index (χ3n) is 5.06. The van der Waals surface area contributed by atoms with E-state index in [0.29, 0.717) is 31.2 Å². The standard InChI is InChI=1S/C21H27N5O2/c1-13(2)26-17-8-14(6-7-15(17)10-22-26)20-23-19(24-28-20)16-11-25(12-16)18(27)9-21(3,4)5/h6-8,10,13,16H,9,11-12H2,1-5H3. The topological polar surface area (TPSA) is 77.1 Å². The van der Waals surface area contributed by atoms with Gasteiger partial charge >= 0.3 is 0 Å². The highest BCUT2D eigenvalue weighted by Gasteiger charge is 2.36. The summed E-state index contributed by atoms with van der Waals surface area (Å²) in [4.78, 5) is 18.7. The molecule has 7 heteroatoms. The Morgan fingerprint density at radius 1 is 1.29 bits per heavy atom. The molecule has 1 aliphatic heterocycles. The number of aromatic nitrogens is 4. The molecule has 1 fully saturated rings. The minimum atomic E-state index is 0.00261. The fourth-order valence-electron chi connectivity index (χ4n) is 3.51. The van der Waals surface area contributed by atoms with Crippen LogP contribution < -0.4 is 0 Å². The largest absolute Gasteiger partial charge is 0.341 e. The summed E-state index contributed by atoms with van der Waals surface area (Å²) in [6.07, 6.45) is 2.43. The zero-order valence-electron chi connectivity index (χ0n) is 17.1. The van der Waals surface area contributed by atoms with Gasteiger partial charge in [0.25, 0.3) is 5.89 Å². The number of rotatable bonds is 4. The van der Waals surface area contributed by atoms with Gasteiger partial charge in [-0.15, -0.1) is 0 Å². The van der Waals surface area contributed by atoms with E-state index in [1.165, 1.54) is 0 Å².